The van der Waals surface area contributed by atoms with Crippen molar-refractivity contribution in [2.75, 3.05) is 95.0 Å². The minimum Gasteiger partial charge on any atom is -0.493 e. The van der Waals surface area contributed by atoms with Crippen LogP contribution in [0.3, 0.4) is 0 Å². The van der Waals surface area contributed by atoms with Crippen molar-refractivity contribution in [2.24, 2.45) is 0 Å². The Hall–Kier alpha value is -3.02. The van der Waals surface area contributed by atoms with Gasteiger partial charge < -0.3 is 38.2 Å². The first-order chi connectivity index (χ1) is 21.5. The number of hydrogen-bond donors (Lipinski definition) is 2. The van der Waals surface area contributed by atoms with Gasteiger partial charge in [-0.25, -0.2) is 26.3 Å². The Morgan fingerprint density at radius 2 is 0.889 bits per heavy atom. The molecule has 2 aromatic carbocycles. The van der Waals surface area contributed by atoms with Gasteiger partial charge in [-0.15, -0.1) is 0 Å². The van der Waals surface area contributed by atoms with E-state index in [1.54, 1.807) is 0 Å². The molecule has 1 fully saturated rings. The first-order valence-electron chi connectivity index (χ1n) is 14.6. The molecule has 1 heterocycles. The van der Waals surface area contributed by atoms with E-state index in [-0.39, 0.29) is 45.9 Å². The quantitative estimate of drug-likeness (QED) is 0.222. The Morgan fingerprint density at radius 3 is 1.18 bits per heavy atom. The van der Waals surface area contributed by atoms with Crippen LogP contribution in [0.4, 0.5) is 0 Å². The number of methoxy groups -OCH3 is 6. The SMILES string of the molecule is COc1cc(S(=O)(=O)NCCCN2CCCN(CCCNS(=O)(=O)c3cc(OC)c(OC)c(OC)c3)CC2)cc(OC)c1OC. The van der Waals surface area contributed by atoms with Gasteiger partial charge in [-0.1, -0.05) is 0 Å². The van der Waals surface area contributed by atoms with Crippen molar-refractivity contribution in [3.63, 3.8) is 0 Å². The molecule has 0 radical (unpaired) electrons. The van der Waals surface area contributed by atoms with Crippen LogP contribution in [0.25, 0.3) is 0 Å². The molecule has 16 heteroatoms. The highest BCUT2D eigenvalue weighted by molar-refractivity contribution is 7.89. The van der Waals surface area contributed by atoms with Crippen LogP contribution in [0.1, 0.15) is 19.3 Å². The van der Waals surface area contributed by atoms with Gasteiger partial charge in [0.2, 0.25) is 31.5 Å². The van der Waals surface area contributed by atoms with Crippen LogP contribution in [-0.2, 0) is 20.0 Å². The van der Waals surface area contributed by atoms with Crippen molar-refractivity contribution in [2.45, 2.75) is 29.1 Å². The van der Waals surface area contributed by atoms with Crippen molar-refractivity contribution < 1.29 is 45.3 Å². The molecule has 1 saturated heterocycles. The fourth-order valence-electron chi connectivity index (χ4n) is 5.08. The number of rotatable bonds is 18. The summed E-state index contributed by atoms with van der Waals surface area (Å²) in [6.07, 6.45) is 2.26. The molecule has 45 heavy (non-hydrogen) atoms. The van der Waals surface area contributed by atoms with Crippen LogP contribution in [0.5, 0.6) is 34.5 Å². The lowest BCUT2D eigenvalue weighted by molar-refractivity contribution is 0.253. The van der Waals surface area contributed by atoms with Crippen LogP contribution in [-0.4, -0.2) is 122 Å². The molecule has 2 aromatic rings. The maximum absolute atomic E-state index is 12.9. The lowest BCUT2D eigenvalue weighted by Gasteiger charge is -2.22. The highest BCUT2D eigenvalue weighted by atomic mass is 32.2. The first kappa shape index (κ1) is 36.4. The van der Waals surface area contributed by atoms with E-state index < -0.39 is 20.0 Å². The number of nitrogens with zero attached hydrogens (tertiary/aromatic N) is 2. The molecular weight excluding hydrogens is 628 g/mol. The highest BCUT2D eigenvalue weighted by Gasteiger charge is 2.23. The van der Waals surface area contributed by atoms with E-state index in [9.17, 15) is 16.8 Å². The molecule has 14 nitrogen and oxygen atoms in total. The van der Waals surface area contributed by atoms with Gasteiger partial charge in [0, 0.05) is 50.4 Å². The fraction of sp³-hybridized carbons (Fsp3) is 0.586. The summed E-state index contributed by atoms with van der Waals surface area (Å²) < 4.78 is 88.7. The molecule has 0 aromatic heterocycles. The van der Waals surface area contributed by atoms with Crippen molar-refractivity contribution in [3.05, 3.63) is 24.3 Å². The van der Waals surface area contributed by atoms with Gasteiger partial charge in [0.15, 0.2) is 23.0 Å². The fourth-order valence-corrected chi connectivity index (χ4v) is 7.29. The van der Waals surface area contributed by atoms with E-state index in [0.29, 0.717) is 24.3 Å². The average Bonchev–Trinajstić information content (AvgIpc) is 3.28. The standard InChI is InChI=1S/C29H46N4O10S2/c1-38-24-18-22(19-25(39-2)28(24)42-5)44(34,35)30-10-7-12-32-14-9-15-33(17-16-32)13-8-11-31-45(36,37)23-20-26(40-3)29(43-6)27(21-23)41-4/h18-21,30-31H,7-17H2,1-6H3. The van der Waals surface area contributed by atoms with Crippen molar-refractivity contribution in [1.29, 1.82) is 0 Å². The van der Waals surface area contributed by atoms with Gasteiger partial charge in [0.25, 0.3) is 0 Å². The van der Waals surface area contributed by atoms with Crippen LogP contribution >= 0.6 is 0 Å². The maximum Gasteiger partial charge on any atom is 0.240 e. The van der Waals surface area contributed by atoms with E-state index in [1.807, 2.05) is 0 Å². The predicted octanol–water partition coefficient (Wildman–Crippen LogP) is 1.78. The largest absolute Gasteiger partial charge is 0.493 e. The zero-order valence-electron chi connectivity index (χ0n) is 26.9. The minimum atomic E-state index is -3.78. The summed E-state index contributed by atoms with van der Waals surface area (Å²) in [4.78, 5) is 4.71. The topological polar surface area (TPSA) is 154 Å². The van der Waals surface area contributed by atoms with E-state index in [4.69, 9.17) is 28.4 Å². The van der Waals surface area contributed by atoms with E-state index in [1.165, 1.54) is 66.9 Å². The molecule has 0 unspecified atom stereocenters. The molecule has 0 spiro atoms. The summed E-state index contributed by atoms with van der Waals surface area (Å²) in [5.74, 6) is 1.71. The van der Waals surface area contributed by atoms with Gasteiger partial charge in [0.1, 0.15) is 0 Å². The van der Waals surface area contributed by atoms with Crippen molar-refractivity contribution in [1.82, 2.24) is 19.2 Å². The smallest absolute Gasteiger partial charge is 0.240 e. The van der Waals surface area contributed by atoms with Gasteiger partial charge in [-0.2, -0.15) is 0 Å². The van der Waals surface area contributed by atoms with E-state index >= 15 is 0 Å². The van der Waals surface area contributed by atoms with Crippen LogP contribution < -0.4 is 37.9 Å². The van der Waals surface area contributed by atoms with Crippen molar-refractivity contribution in [3.8, 4) is 34.5 Å². The molecule has 254 valence electrons. The highest BCUT2D eigenvalue weighted by Crippen LogP contribution is 2.40. The second-order valence-corrected chi connectivity index (χ2v) is 13.8. The van der Waals surface area contributed by atoms with E-state index in [2.05, 4.69) is 19.2 Å². The number of sulfonamides is 2. The third kappa shape index (κ3) is 9.73. The molecule has 1 aliphatic heterocycles. The zero-order valence-corrected chi connectivity index (χ0v) is 28.5. The normalized spacial score (nSPS) is 14.9. The average molecular weight is 675 g/mol. The van der Waals surface area contributed by atoms with Crippen LogP contribution in [0.15, 0.2) is 34.1 Å². The molecular formula is C29H46N4O10S2. The lowest BCUT2D eigenvalue weighted by Crippen LogP contribution is -2.34. The molecule has 0 aliphatic carbocycles. The molecule has 0 bridgehead atoms. The summed E-state index contributed by atoms with van der Waals surface area (Å²) in [6, 6.07) is 5.63. The first-order valence-corrected chi connectivity index (χ1v) is 17.5. The maximum atomic E-state index is 12.9. The second kappa shape index (κ2) is 17.1. The van der Waals surface area contributed by atoms with Gasteiger partial charge in [0.05, 0.1) is 52.4 Å². The Labute approximate surface area is 267 Å². The Bertz CT molecular complexity index is 1310. The number of benzene rings is 2. The summed E-state index contributed by atoms with van der Waals surface area (Å²) in [6.45, 7) is 5.57. The Kier molecular flexibility index (Phi) is 13.8. The molecule has 1 aliphatic rings. The van der Waals surface area contributed by atoms with Crippen LogP contribution in [0.2, 0.25) is 0 Å². The number of hydrogen-bond acceptors (Lipinski definition) is 12. The predicted molar refractivity (Wildman–Crippen MR) is 169 cm³/mol. The van der Waals surface area contributed by atoms with Gasteiger partial charge in [-0.05, 0) is 45.4 Å². The Balaban J connectivity index is 1.42. The third-order valence-electron chi connectivity index (χ3n) is 7.46. The summed E-state index contributed by atoms with van der Waals surface area (Å²) >= 11 is 0. The van der Waals surface area contributed by atoms with Gasteiger partial charge >= 0.3 is 0 Å². The van der Waals surface area contributed by atoms with E-state index in [0.717, 1.165) is 45.7 Å². The molecule has 0 saturated carbocycles. The summed E-state index contributed by atoms with van der Waals surface area (Å²) in [5.41, 5.74) is 0. The van der Waals surface area contributed by atoms with Crippen LogP contribution in [0, 0.1) is 0 Å². The monoisotopic (exact) mass is 674 g/mol. The molecule has 3 rings (SSSR count). The third-order valence-corrected chi connectivity index (χ3v) is 10.3. The molecule has 0 amide bonds. The minimum absolute atomic E-state index is 0.0353. The molecule has 0 atom stereocenters. The summed E-state index contributed by atoms with van der Waals surface area (Å²) in [7, 11) is 1.10. The van der Waals surface area contributed by atoms with Crippen molar-refractivity contribution >= 4 is 20.0 Å². The Morgan fingerprint density at radius 1 is 0.556 bits per heavy atom. The number of ether oxygens (including phenoxy) is 6. The molecule has 2 N–H and O–H groups in total. The van der Waals surface area contributed by atoms with Gasteiger partial charge in [-0.3, -0.25) is 0 Å². The number of nitrogens with one attached hydrogen (secondary N) is 2. The lowest BCUT2D eigenvalue weighted by atomic mass is 10.3. The summed E-state index contributed by atoms with van der Waals surface area (Å²) in [5, 5.41) is 0. The zero-order chi connectivity index (χ0) is 33.0. The second-order valence-electron chi connectivity index (χ2n) is 10.3.